The highest BCUT2D eigenvalue weighted by Gasteiger charge is 2.28. The van der Waals surface area contributed by atoms with E-state index in [1.807, 2.05) is 19.0 Å². The molecule has 26 heavy (non-hydrogen) atoms. The number of carbonyl (C=O) groups is 2. The van der Waals surface area contributed by atoms with Crippen LogP contribution >= 0.6 is 0 Å². The molecule has 1 heterocycles. The summed E-state index contributed by atoms with van der Waals surface area (Å²) in [4.78, 5) is 28.8. The standard InChI is InChI=1S/C19H29N3O4/c1-21(2)10-7-20-18(23)14-5-8-22(9-6-14)19(24)15-11-16(25-3)13-17(12-15)26-4/h11-14H,5-10H2,1-4H3,(H,20,23). The van der Waals surface area contributed by atoms with E-state index in [0.29, 0.717) is 49.5 Å². The molecule has 1 N–H and O–H groups in total. The first-order valence-corrected chi connectivity index (χ1v) is 8.89. The van der Waals surface area contributed by atoms with E-state index in [0.717, 1.165) is 6.54 Å². The number of hydrogen-bond donors (Lipinski definition) is 1. The monoisotopic (exact) mass is 363 g/mol. The first kappa shape index (κ1) is 20.0. The van der Waals surface area contributed by atoms with E-state index < -0.39 is 0 Å². The molecular weight excluding hydrogens is 334 g/mol. The number of nitrogens with zero attached hydrogens (tertiary/aromatic N) is 2. The Hall–Kier alpha value is -2.28. The summed E-state index contributed by atoms with van der Waals surface area (Å²) in [6, 6.07) is 5.16. The average molecular weight is 363 g/mol. The third kappa shape index (κ3) is 5.36. The summed E-state index contributed by atoms with van der Waals surface area (Å²) in [5.41, 5.74) is 0.537. The van der Waals surface area contributed by atoms with E-state index in [-0.39, 0.29) is 17.7 Å². The van der Waals surface area contributed by atoms with Crippen LogP contribution in [0, 0.1) is 5.92 Å². The molecule has 144 valence electrons. The van der Waals surface area contributed by atoms with Gasteiger partial charge in [-0.05, 0) is 39.1 Å². The van der Waals surface area contributed by atoms with Crippen LogP contribution < -0.4 is 14.8 Å². The smallest absolute Gasteiger partial charge is 0.254 e. The Morgan fingerprint density at radius 3 is 2.19 bits per heavy atom. The predicted molar refractivity (Wildman–Crippen MR) is 99.7 cm³/mol. The molecule has 0 aromatic heterocycles. The summed E-state index contributed by atoms with van der Waals surface area (Å²) in [6.45, 7) is 2.61. The second-order valence-corrected chi connectivity index (χ2v) is 6.76. The number of carbonyl (C=O) groups excluding carboxylic acids is 2. The highest BCUT2D eigenvalue weighted by Crippen LogP contribution is 2.25. The molecule has 1 aliphatic heterocycles. The number of methoxy groups -OCH3 is 2. The Bertz CT molecular complexity index is 603. The summed E-state index contributed by atoms with van der Waals surface area (Å²) < 4.78 is 10.5. The number of likely N-dealkylation sites (tertiary alicyclic amines) is 1. The van der Waals surface area contributed by atoms with Gasteiger partial charge in [0.15, 0.2) is 0 Å². The first-order valence-electron chi connectivity index (χ1n) is 8.89. The van der Waals surface area contributed by atoms with Crippen LogP contribution in [0.4, 0.5) is 0 Å². The number of hydrogen-bond acceptors (Lipinski definition) is 5. The molecule has 1 aromatic carbocycles. The van der Waals surface area contributed by atoms with Gasteiger partial charge in [0.1, 0.15) is 11.5 Å². The van der Waals surface area contributed by atoms with E-state index >= 15 is 0 Å². The molecule has 0 radical (unpaired) electrons. The van der Waals surface area contributed by atoms with Gasteiger partial charge in [-0.2, -0.15) is 0 Å². The molecule has 1 saturated heterocycles. The summed E-state index contributed by atoms with van der Waals surface area (Å²) in [6.07, 6.45) is 1.36. The van der Waals surface area contributed by atoms with Crippen molar-refractivity contribution in [2.45, 2.75) is 12.8 Å². The minimum absolute atomic E-state index is 0.0268. The minimum atomic E-state index is -0.0614. The van der Waals surface area contributed by atoms with E-state index in [9.17, 15) is 9.59 Å². The highest BCUT2D eigenvalue weighted by molar-refractivity contribution is 5.95. The lowest BCUT2D eigenvalue weighted by Gasteiger charge is -2.31. The maximum atomic E-state index is 12.8. The lowest BCUT2D eigenvalue weighted by atomic mass is 9.95. The molecule has 0 saturated carbocycles. The van der Waals surface area contributed by atoms with Crippen molar-refractivity contribution in [1.82, 2.24) is 15.1 Å². The Kier molecular flexibility index (Phi) is 7.26. The number of rotatable bonds is 7. The van der Waals surface area contributed by atoms with Gasteiger partial charge in [0.2, 0.25) is 5.91 Å². The molecule has 2 amide bonds. The molecule has 0 aliphatic carbocycles. The molecule has 2 rings (SSSR count). The Morgan fingerprint density at radius 2 is 1.69 bits per heavy atom. The van der Waals surface area contributed by atoms with Gasteiger partial charge in [-0.1, -0.05) is 0 Å². The van der Waals surface area contributed by atoms with Gasteiger partial charge >= 0.3 is 0 Å². The molecule has 7 nitrogen and oxygen atoms in total. The van der Waals surface area contributed by atoms with Crippen molar-refractivity contribution in [3.8, 4) is 11.5 Å². The van der Waals surface area contributed by atoms with Gasteiger partial charge in [-0.25, -0.2) is 0 Å². The fraction of sp³-hybridized carbons (Fsp3) is 0.579. The van der Waals surface area contributed by atoms with E-state index in [1.54, 1.807) is 37.3 Å². The molecule has 1 aliphatic rings. The minimum Gasteiger partial charge on any atom is -0.497 e. The van der Waals surface area contributed by atoms with Crippen LogP contribution in [0.25, 0.3) is 0 Å². The van der Waals surface area contributed by atoms with Crippen LogP contribution in [-0.2, 0) is 4.79 Å². The zero-order valence-electron chi connectivity index (χ0n) is 16.1. The molecule has 7 heteroatoms. The van der Waals surface area contributed by atoms with Gasteiger partial charge < -0.3 is 24.6 Å². The quantitative estimate of drug-likeness (QED) is 0.789. The van der Waals surface area contributed by atoms with Crippen molar-refractivity contribution in [2.75, 3.05) is 54.5 Å². The van der Waals surface area contributed by atoms with Gasteiger partial charge in [-0.15, -0.1) is 0 Å². The van der Waals surface area contributed by atoms with Crippen LogP contribution in [-0.4, -0.2) is 76.1 Å². The van der Waals surface area contributed by atoms with Gasteiger partial charge in [0.05, 0.1) is 14.2 Å². The van der Waals surface area contributed by atoms with Crippen LogP contribution in [0.1, 0.15) is 23.2 Å². The third-order valence-corrected chi connectivity index (χ3v) is 4.61. The largest absolute Gasteiger partial charge is 0.497 e. The van der Waals surface area contributed by atoms with E-state index in [1.165, 1.54) is 0 Å². The summed E-state index contributed by atoms with van der Waals surface area (Å²) >= 11 is 0. The van der Waals surface area contributed by atoms with Crippen molar-refractivity contribution in [2.24, 2.45) is 5.92 Å². The maximum Gasteiger partial charge on any atom is 0.254 e. The number of likely N-dealkylation sites (N-methyl/N-ethyl adjacent to an activating group) is 1. The van der Waals surface area contributed by atoms with E-state index in [4.69, 9.17) is 9.47 Å². The number of amides is 2. The summed E-state index contributed by atoms with van der Waals surface area (Å²) in [7, 11) is 7.07. The molecule has 0 spiro atoms. The first-order chi connectivity index (χ1) is 12.4. The van der Waals surface area contributed by atoms with Crippen LogP contribution in [0.2, 0.25) is 0 Å². The van der Waals surface area contributed by atoms with Crippen molar-refractivity contribution >= 4 is 11.8 Å². The third-order valence-electron chi connectivity index (χ3n) is 4.61. The molecule has 1 fully saturated rings. The van der Waals surface area contributed by atoms with Gasteiger partial charge in [0, 0.05) is 43.7 Å². The van der Waals surface area contributed by atoms with Crippen LogP contribution in [0.3, 0.4) is 0 Å². The molecular formula is C19H29N3O4. The lowest BCUT2D eigenvalue weighted by molar-refractivity contribution is -0.126. The fourth-order valence-corrected chi connectivity index (χ4v) is 3.01. The molecule has 0 bridgehead atoms. The Morgan fingerprint density at radius 1 is 1.12 bits per heavy atom. The second kappa shape index (κ2) is 9.43. The maximum absolute atomic E-state index is 12.8. The SMILES string of the molecule is COc1cc(OC)cc(C(=O)N2CCC(C(=O)NCCN(C)C)CC2)c1. The summed E-state index contributed by atoms with van der Waals surface area (Å²) in [5, 5.41) is 2.97. The zero-order valence-corrected chi connectivity index (χ0v) is 16.1. The fourth-order valence-electron chi connectivity index (χ4n) is 3.01. The number of piperidine rings is 1. The van der Waals surface area contributed by atoms with Crippen molar-refractivity contribution in [3.05, 3.63) is 23.8 Å². The number of ether oxygens (including phenoxy) is 2. The molecule has 1 aromatic rings. The summed E-state index contributed by atoms with van der Waals surface area (Å²) in [5.74, 6) is 1.17. The van der Waals surface area contributed by atoms with Gasteiger partial charge in [-0.3, -0.25) is 9.59 Å². The Labute approximate surface area is 155 Å². The van der Waals surface area contributed by atoms with Gasteiger partial charge in [0.25, 0.3) is 5.91 Å². The average Bonchev–Trinajstić information content (AvgIpc) is 2.66. The molecule has 0 unspecified atom stereocenters. The highest BCUT2D eigenvalue weighted by atomic mass is 16.5. The van der Waals surface area contributed by atoms with Crippen molar-refractivity contribution < 1.29 is 19.1 Å². The lowest BCUT2D eigenvalue weighted by Crippen LogP contribution is -2.44. The van der Waals surface area contributed by atoms with Crippen LogP contribution in [0.15, 0.2) is 18.2 Å². The van der Waals surface area contributed by atoms with Crippen molar-refractivity contribution in [3.63, 3.8) is 0 Å². The molecule has 0 atom stereocenters. The number of benzene rings is 1. The van der Waals surface area contributed by atoms with Crippen molar-refractivity contribution in [1.29, 1.82) is 0 Å². The van der Waals surface area contributed by atoms with Crippen LogP contribution in [0.5, 0.6) is 11.5 Å². The second-order valence-electron chi connectivity index (χ2n) is 6.76. The topological polar surface area (TPSA) is 71.1 Å². The Balaban J connectivity index is 1.91. The zero-order chi connectivity index (χ0) is 19.1. The van der Waals surface area contributed by atoms with E-state index in [2.05, 4.69) is 5.32 Å². The normalized spacial score (nSPS) is 15.0. The predicted octanol–water partition coefficient (Wildman–Crippen LogP) is 1.23. The number of nitrogens with one attached hydrogen (secondary N) is 1.